The largest absolute Gasteiger partial charge is 0.398 e. The summed E-state index contributed by atoms with van der Waals surface area (Å²) in [5, 5.41) is 2.85. The molecule has 1 heterocycles. The van der Waals surface area contributed by atoms with Crippen LogP contribution < -0.4 is 16.0 Å². The van der Waals surface area contributed by atoms with Crippen LogP contribution in [0, 0.1) is 0 Å². The summed E-state index contributed by atoms with van der Waals surface area (Å²) in [6, 6.07) is 8.65. The van der Waals surface area contributed by atoms with Gasteiger partial charge in [0, 0.05) is 36.0 Å². The SMILES string of the molecule is CN(C)c1ncccc1NC(=O)c1ccc(N)c(Br)c1. The van der Waals surface area contributed by atoms with Gasteiger partial charge >= 0.3 is 0 Å². The quantitative estimate of drug-likeness (QED) is 0.846. The highest BCUT2D eigenvalue weighted by Gasteiger charge is 2.11. The van der Waals surface area contributed by atoms with Gasteiger partial charge in [-0.1, -0.05) is 0 Å². The molecule has 2 rings (SSSR count). The fraction of sp³-hybridized carbons (Fsp3) is 0.143. The first-order valence-electron chi connectivity index (χ1n) is 5.97. The Morgan fingerprint density at radius 2 is 2.10 bits per heavy atom. The van der Waals surface area contributed by atoms with Crippen molar-refractivity contribution in [3.05, 3.63) is 46.6 Å². The van der Waals surface area contributed by atoms with Gasteiger partial charge in [-0.2, -0.15) is 0 Å². The third-order valence-corrected chi connectivity index (χ3v) is 3.41. The van der Waals surface area contributed by atoms with Gasteiger partial charge in [0.05, 0.1) is 5.69 Å². The summed E-state index contributed by atoms with van der Waals surface area (Å²) in [7, 11) is 3.75. The van der Waals surface area contributed by atoms with Crippen molar-refractivity contribution in [3.8, 4) is 0 Å². The second-order valence-electron chi connectivity index (χ2n) is 4.46. The van der Waals surface area contributed by atoms with Gasteiger partial charge in [0.1, 0.15) is 0 Å². The highest BCUT2D eigenvalue weighted by Crippen LogP contribution is 2.23. The molecule has 1 amide bonds. The predicted octanol–water partition coefficient (Wildman–Crippen LogP) is 2.74. The van der Waals surface area contributed by atoms with Gasteiger partial charge in [-0.25, -0.2) is 4.98 Å². The molecular weight excluding hydrogens is 320 g/mol. The van der Waals surface area contributed by atoms with Crippen molar-refractivity contribution in [3.63, 3.8) is 0 Å². The molecule has 6 heteroatoms. The first-order chi connectivity index (χ1) is 9.49. The van der Waals surface area contributed by atoms with Crippen LogP contribution >= 0.6 is 15.9 Å². The lowest BCUT2D eigenvalue weighted by atomic mass is 10.2. The van der Waals surface area contributed by atoms with Crippen LogP contribution in [-0.2, 0) is 0 Å². The zero-order chi connectivity index (χ0) is 14.7. The molecule has 104 valence electrons. The standard InChI is InChI=1S/C14H15BrN4O/c1-19(2)13-12(4-3-7-17-13)18-14(20)9-5-6-11(16)10(15)8-9/h3-8H,16H2,1-2H3,(H,18,20). The van der Waals surface area contributed by atoms with Crippen LogP contribution in [0.4, 0.5) is 17.2 Å². The van der Waals surface area contributed by atoms with Crippen LogP contribution in [0.25, 0.3) is 0 Å². The van der Waals surface area contributed by atoms with Gasteiger partial charge in [-0.3, -0.25) is 4.79 Å². The van der Waals surface area contributed by atoms with E-state index in [9.17, 15) is 4.79 Å². The normalized spacial score (nSPS) is 10.2. The van der Waals surface area contributed by atoms with Crippen molar-refractivity contribution in [2.24, 2.45) is 0 Å². The Morgan fingerprint density at radius 1 is 1.35 bits per heavy atom. The molecule has 0 bridgehead atoms. The number of aromatic nitrogens is 1. The number of hydrogen-bond acceptors (Lipinski definition) is 4. The molecule has 0 unspecified atom stereocenters. The molecule has 0 spiro atoms. The van der Waals surface area contributed by atoms with Crippen LogP contribution in [0.2, 0.25) is 0 Å². The number of hydrogen-bond donors (Lipinski definition) is 2. The highest BCUT2D eigenvalue weighted by atomic mass is 79.9. The Kier molecular flexibility index (Phi) is 4.24. The van der Waals surface area contributed by atoms with Crippen molar-refractivity contribution in [2.75, 3.05) is 30.0 Å². The number of nitrogen functional groups attached to an aromatic ring is 1. The zero-order valence-corrected chi connectivity index (χ0v) is 12.8. The third-order valence-electron chi connectivity index (χ3n) is 2.72. The van der Waals surface area contributed by atoms with E-state index < -0.39 is 0 Å². The monoisotopic (exact) mass is 334 g/mol. The van der Waals surface area contributed by atoms with E-state index in [0.29, 0.717) is 27.2 Å². The van der Waals surface area contributed by atoms with Crippen LogP contribution in [0.1, 0.15) is 10.4 Å². The van der Waals surface area contributed by atoms with Gasteiger partial charge in [0.2, 0.25) is 0 Å². The van der Waals surface area contributed by atoms with Gasteiger partial charge in [-0.05, 0) is 46.3 Å². The minimum atomic E-state index is -0.207. The van der Waals surface area contributed by atoms with E-state index in [4.69, 9.17) is 5.73 Å². The van der Waals surface area contributed by atoms with E-state index in [1.807, 2.05) is 25.1 Å². The predicted molar refractivity (Wildman–Crippen MR) is 85.1 cm³/mol. The van der Waals surface area contributed by atoms with Crippen LogP contribution in [0.3, 0.4) is 0 Å². The molecule has 0 fully saturated rings. The van der Waals surface area contributed by atoms with Gasteiger partial charge in [0.15, 0.2) is 5.82 Å². The Morgan fingerprint density at radius 3 is 2.75 bits per heavy atom. The number of amides is 1. The maximum Gasteiger partial charge on any atom is 0.255 e. The maximum atomic E-state index is 12.2. The lowest BCUT2D eigenvalue weighted by Gasteiger charge is -2.16. The Labute approximate surface area is 125 Å². The van der Waals surface area contributed by atoms with Crippen molar-refractivity contribution in [1.29, 1.82) is 0 Å². The molecule has 0 aliphatic rings. The zero-order valence-electron chi connectivity index (χ0n) is 11.2. The molecule has 0 atom stereocenters. The Hall–Kier alpha value is -2.08. The van der Waals surface area contributed by atoms with Gasteiger partial charge < -0.3 is 16.0 Å². The number of rotatable bonds is 3. The third kappa shape index (κ3) is 3.08. The second-order valence-corrected chi connectivity index (χ2v) is 5.31. The Bertz CT molecular complexity index is 643. The molecule has 0 aliphatic carbocycles. The smallest absolute Gasteiger partial charge is 0.255 e. The van der Waals surface area contributed by atoms with Gasteiger partial charge in [-0.15, -0.1) is 0 Å². The number of nitrogens with zero attached hydrogens (tertiary/aromatic N) is 2. The summed E-state index contributed by atoms with van der Waals surface area (Å²) in [4.78, 5) is 18.3. The molecule has 1 aromatic heterocycles. The van der Waals surface area contributed by atoms with E-state index in [1.54, 1.807) is 30.5 Å². The molecule has 3 N–H and O–H groups in total. The molecule has 5 nitrogen and oxygen atoms in total. The first kappa shape index (κ1) is 14.3. The average molecular weight is 335 g/mol. The number of carbonyl (C=O) groups excluding carboxylic acids is 1. The number of benzene rings is 1. The number of carbonyl (C=O) groups is 1. The molecule has 1 aromatic carbocycles. The van der Waals surface area contributed by atoms with Crippen LogP contribution in [-0.4, -0.2) is 25.0 Å². The highest BCUT2D eigenvalue weighted by molar-refractivity contribution is 9.10. The lowest BCUT2D eigenvalue weighted by Crippen LogP contribution is -2.17. The summed E-state index contributed by atoms with van der Waals surface area (Å²) >= 11 is 3.31. The number of anilines is 3. The maximum absolute atomic E-state index is 12.2. The molecule has 0 saturated heterocycles. The van der Waals surface area contributed by atoms with Crippen molar-refractivity contribution >= 4 is 39.0 Å². The summed E-state index contributed by atoms with van der Waals surface area (Å²) in [6.45, 7) is 0. The molecule has 0 aliphatic heterocycles. The number of nitrogens with one attached hydrogen (secondary N) is 1. The number of nitrogens with two attached hydrogens (primary N) is 1. The molecule has 2 aromatic rings. The van der Waals surface area contributed by atoms with E-state index in [2.05, 4.69) is 26.2 Å². The van der Waals surface area contributed by atoms with E-state index >= 15 is 0 Å². The fourth-order valence-electron chi connectivity index (χ4n) is 1.71. The second kappa shape index (κ2) is 5.92. The molecule has 0 radical (unpaired) electrons. The summed E-state index contributed by atoms with van der Waals surface area (Å²) in [6.07, 6.45) is 1.69. The molecule has 0 saturated carbocycles. The first-order valence-corrected chi connectivity index (χ1v) is 6.77. The minimum absolute atomic E-state index is 0.207. The fourth-order valence-corrected chi connectivity index (χ4v) is 2.09. The summed E-state index contributed by atoms with van der Waals surface area (Å²) in [5.41, 5.74) is 7.49. The number of pyridine rings is 1. The molecular formula is C14H15BrN4O. The number of halogens is 1. The van der Waals surface area contributed by atoms with Crippen molar-refractivity contribution in [2.45, 2.75) is 0 Å². The Balaban J connectivity index is 2.26. The molecule has 20 heavy (non-hydrogen) atoms. The van der Waals surface area contributed by atoms with E-state index in [-0.39, 0.29) is 5.91 Å². The topological polar surface area (TPSA) is 71.2 Å². The van der Waals surface area contributed by atoms with E-state index in [0.717, 1.165) is 0 Å². The average Bonchev–Trinajstić information content (AvgIpc) is 2.42. The van der Waals surface area contributed by atoms with E-state index in [1.165, 1.54) is 0 Å². The van der Waals surface area contributed by atoms with Crippen LogP contribution in [0.5, 0.6) is 0 Å². The summed E-state index contributed by atoms with van der Waals surface area (Å²) in [5.74, 6) is 0.497. The van der Waals surface area contributed by atoms with Crippen molar-refractivity contribution in [1.82, 2.24) is 4.98 Å². The lowest BCUT2D eigenvalue weighted by molar-refractivity contribution is 0.102. The van der Waals surface area contributed by atoms with Crippen molar-refractivity contribution < 1.29 is 4.79 Å². The minimum Gasteiger partial charge on any atom is -0.398 e. The summed E-state index contributed by atoms with van der Waals surface area (Å²) < 4.78 is 0.698. The van der Waals surface area contributed by atoms with Crippen LogP contribution in [0.15, 0.2) is 41.0 Å². The van der Waals surface area contributed by atoms with Gasteiger partial charge in [0.25, 0.3) is 5.91 Å².